The van der Waals surface area contributed by atoms with E-state index in [4.69, 9.17) is 0 Å². The van der Waals surface area contributed by atoms with Crippen LogP contribution >= 0.6 is 11.3 Å². The fourth-order valence-corrected chi connectivity index (χ4v) is 2.58. The molecule has 0 fully saturated rings. The van der Waals surface area contributed by atoms with E-state index < -0.39 is 0 Å². The number of aromatic nitrogens is 5. The summed E-state index contributed by atoms with van der Waals surface area (Å²) in [5.41, 5.74) is 1.16. The second-order valence-corrected chi connectivity index (χ2v) is 5.60. The van der Waals surface area contributed by atoms with E-state index >= 15 is 0 Å². The first-order chi connectivity index (χ1) is 10.7. The minimum atomic E-state index is -0.162. The lowest BCUT2D eigenvalue weighted by Crippen LogP contribution is -2.27. The Morgan fingerprint density at radius 2 is 2.23 bits per heavy atom. The highest BCUT2D eigenvalue weighted by atomic mass is 32.1. The summed E-state index contributed by atoms with van der Waals surface area (Å²) >= 11 is 1.46. The third-order valence-corrected chi connectivity index (χ3v) is 3.77. The molecule has 0 atom stereocenters. The third-order valence-electron chi connectivity index (χ3n) is 3.00. The van der Waals surface area contributed by atoms with Gasteiger partial charge in [0.05, 0.1) is 11.2 Å². The zero-order chi connectivity index (χ0) is 15.4. The second kappa shape index (κ2) is 6.44. The Morgan fingerprint density at radius 3 is 2.95 bits per heavy atom. The monoisotopic (exact) mass is 314 g/mol. The van der Waals surface area contributed by atoms with E-state index in [-0.39, 0.29) is 5.91 Å². The van der Waals surface area contributed by atoms with Crippen molar-refractivity contribution in [2.24, 2.45) is 0 Å². The smallest absolute Gasteiger partial charge is 0.270 e. The standard InChI is InChI=1S/C14H14N6OS/c1-10-19-12(9-22-10)14(21)18-5-7-20-6-4-17-13(20)11-8-15-2-3-16-11/h2-4,6,8-9H,5,7H2,1H3,(H,18,21). The highest BCUT2D eigenvalue weighted by Crippen LogP contribution is 2.12. The number of hydrogen-bond donors (Lipinski definition) is 1. The molecule has 3 aromatic rings. The number of hydrogen-bond acceptors (Lipinski definition) is 6. The zero-order valence-electron chi connectivity index (χ0n) is 11.9. The van der Waals surface area contributed by atoms with Crippen molar-refractivity contribution in [3.63, 3.8) is 0 Å². The van der Waals surface area contributed by atoms with Crippen LogP contribution in [0.4, 0.5) is 0 Å². The molecule has 0 unspecified atom stereocenters. The van der Waals surface area contributed by atoms with Crippen LogP contribution in [-0.2, 0) is 6.54 Å². The van der Waals surface area contributed by atoms with Crippen molar-refractivity contribution >= 4 is 17.2 Å². The Balaban J connectivity index is 1.61. The Morgan fingerprint density at radius 1 is 1.32 bits per heavy atom. The molecule has 3 aromatic heterocycles. The van der Waals surface area contributed by atoms with Crippen LogP contribution in [0.25, 0.3) is 11.5 Å². The number of carbonyl (C=O) groups excluding carboxylic acids is 1. The Labute approximate surface area is 131 Å². The molecule has 0 bridgehead atoms. The molecular weight excluding hydrogens is 300 g/mol. The normalized spacial score (nSPS) is 10.6. The first kappa shape index (κ1) is 14.3. The van der Waals surface area contributed by atoms with E-state index in [0.717, 1.165) is 10.8 Å². The van der Waals surface area contributed by atoms with E-state index in [1.807, 2.05) is 17.7 Å². The van der Waals surface area contributed by atoms with E-state index in [9.17, 15) is 4.79 Å². The Kier molecular flexibility index (Phi) is 4.19. The van der Waals surface area contributed by atoms with Gasteiger partial charge < -0.3 is 9.88 Å². The number of nitrogens with zero attached hydrogens (tertiary/aromatic N) is 5. The molecule has 0 spiro atoms. The first-order valence-corrected chi connectivity index (χ1v) is 7.60. The van der Waals surface area contributed by atoms with Gasteiger partial charge in [0, 0.05) is 43.3 Å². The number of thiazole rings is 1. The minimum Gasteiger partial charge on any atom is -0.349 e. The van der Waals surface area contributed by atoms with Crippen LogP contribution < -0.4 is 5.32 Å². The van der Waals surface area contributed by atoms with E-state index in [1.165, 1.54) is 11.3 Å². The Bertz CT molecular complexity index is 767. The molecule has 8 heteroatoms. The molecule has 0 saturated carbocycles. The van der Waals surface area contributed by atoms with Crippen LogP contribution in [0.2, 0.25) is 0 Å². The third kappa shape index (κ3) is 3.17. The lowest BCUT2D eigenvalue weighted by molar-refractivity contribution is 0.0948. The van der Waals surface area contributed by atoms with Gasteiger partial charge in [-0.15, -0.1) is 11.3 Å². The van der Waals surface area contributed by atoms with Crippen molar-refractivity contribution in [3.05, 3.63) is 47.1 Å². The summed E-state index contributed by atoms with van der Waals surface area (Å²) in [6, 6.07) is 0. The highest BCUT2D eigenvalue weighted by molar-refractivity contribution is 7.09. The molecule has 0 aliphatic carbocycles. The summed E-state index contributed by atoms with van der Waals surface area (Å²) in [6.45, 7) is 2.96. The molecule has 1 N–H and O–H groups in total. The van der Waals surface area contributed by atoms with Crippen LogP contribution in [0.15, 0.2) is 36.4 Å². The number of nitrogens with one attached hydrogen (secondary N) is 1. The van der Waals surface area contributed by atoms with Gasteiger partial charge in [0.25, 0.3) is 5.91 Å². The fourth-order valence-electron chi connectivity index (χ4n) is 1.99. The summed E-state index contributed by atoms with van der Waals surface area (Å²) in [5.74, 6) is 0.567. The largest absolute Gasteiger partial charge is 0.349 e. The SMILES string of the molecule is Cc1nc(C(=O)NCCn2ccnc2-c2cnccn2)cs1. The molecule has 0 aromatic carbocycles. The van der Waals surface area contributed by atoms with Crippen LogP contribution in [-0.4, -0.2) is 37.0 Å². The number of rotatable bonds is 5. The molecule has 0 radical (unpaired) electrons. The van der Waals surface area contributed by atoms with Gasteiger partial charge in [-0.05, 0) is 6.92 Å². The van der Waals surface area contributed by atoms with Crippen molar-refractivity contribution < 1.29 is 4.79 Å². The van der Waals surface area contributed by atoms with Crippen molar-refractivity contribution in [2.75, 3.05) is 6.54 Å². The predicted molar refractivity (Wildman–Crippen MR) is 82.4 cm³/mol. The van der Waals surface area contributed by atoms with E-state index in [1.54, 1.807) is 30.2 Å². The van der Waals surface area contributed by atoms with Gasteiger partial charge in [-0.25, -0.2) is 15.0 Å². The van der Waals surface area contributed by atoms with Gasteiger partial charge in [0.15, 0.2) is 5.82 Å². The molecule has 1 amide bonds. The van der Waals surface area contributed by atoms with E-state index in [0.29, 0.717) is 24.5 Å². The topological polar surface area (TPSA) is 85.6 Å². The highest BCUT2D eigenvalue weighted by Gasteiger charge is 2.10. The van der Waals surface area contributed by atoms with Crippen molar-refractivity contribution in [3.8, 4) is 11.5 Å². The maximum Gasteiger partial charge on any atom is 0.270 e. The first-order valence-electron chi connectivity index (χ1n) is 6.72. The average molecular weight is 314 g/mol. The number of aryl methyl sites for hydroxylation is 1. The fraction of sp³-hybridized carbons (Fsp3) is 0.214. The second-order valence-electron chi connectivity index (χ2n) is 4.54. The van der Waals surface area contributed by atoms with Crippen LogP contribution in [0.5, 0.6) is 0 Å². The van der Waals surface area contributed by atoms with Gasteiger partial charge in [-0.3, -0.25) is 9.78 Å². The summed E-state index contributed by atoms with van der Waals surface area (Å²) < 4.78 is 1.93. The van der Waals surface area contributed by atoms with Gasteiger partial charge in [-0.2, -0.15) is 0 Å². The van der Waals surface area contributed by atoms with Crippen LogP contribution in [0.1, 0.15) is 15.5 Å². The van der Waals surface area contributed by atoms with Gasteiger partial charge in [-0.1, -0.05) is 0 Å². The molecule has 3 rings (SSSR count). The average Bonchev–Trinajstić information content (AvgIpc) is 3.17. The molecule has 22 heavy (non-hydrogen) atoms. The minimum absolute atomic E-state index is 0.162. The molecule has 0 saturated heterocycles. The Hall–Kier alpha value is -2.61. The predicted octanol–water partition coefficient (Wildman–Crippen LogP) is 1.54. The maximum atomic E-state index is 11.9. The number of imidazole rings is 1. The van der Waals surface area contributed by atoms with Gasteiger partial charge in [0.2, 0.25) is 0 Å². The molecule has 0 aliphatic heterocycles. The molecule has 0 aliphatic rings. The van der Waals surface area contributed by atoms with E-state index in [2.05, 4.69) is 25.3 Å². The summed E-state index contributed by atoms with van der Waals surface area (Å²) in [7, 11) is 0. The number of carbonyl (C=O) groups is 1. The number of amides is 1. The van der Waals surface area contributed by atoms with Gasteiger partial charge >= 0.3 is 0 Å². The molecule has 7 nitrogen and oxygen atoms in total. The lowest BCUT2D eigenvalue weighted by Gasteiger charge is -2.07. The lowest BCUT2D eigenvalue weighted by atomic mass is 10.4. The molecular formula is C14H14N6OS. The van der Waals surface area contributed by atoms with Crippen molar-refractivity contribution in [2.45, 2.75) is 13.5 Å². The van der Waals surface area contributed by atoms with Crippen molar-refractivity contribution in [1.29, 1.82) is 0 Å². The zero-order valence-corrected chi connectivity index (χ0v) is 12.7. The van der Waals surface area contributed by atoms with Gasteiger partial charge in [0.1, 0.15) is 11.4 Å². The molecule has 112 valence electrons. The maximum absolute atomic E-state index is 11.9. The van der Waals surface area contributed by atoms with Crippen LogP contribution in [0.3, 0.4) is 0 Å². The summed E-state index contributed by atoms with van der Waals surface area (Å²) in [5, 5.41) is 5.49. The summed E-state index contributed by atoms with van der Waals surface area (Å²) in [4.78, 5) is 28.6. The van der Waals surface area contributed by atoms with Crippen molar-refractivity contribution in [1.82, 2.24) is 29.8 Å². The molecule has 3 heterocycles. The quantitative estimate of drug-likeness (QED) is 0.772. The van der Waals surface area contributed by atoms with Crippen LogP contribution in [0, 0.1) is 6.92 Å². The summed E-state index contributed by atoms with van der Waals surface area (Å²) in [6.07, 6.45) is 8.46.